The van der Waals surface area contributed by atoms with E-state index in [-0.39, 0.29) is 29.7 Å². The maximum Gasteiger partial charge on any atom is 0.289 e. The molecule has 2 heterocycles. The van der Waals surface area contributed by atoms with Gasteiger partial charge in [-0.15, -0.1) is 0 Å². The summed E-state index contributed by atoms with van der Waals surface area (Å²) in [5, 5.41) is 12.7. The quantitative estimate of drug-likeness (QED) is 0.898. The summed E-state index contributed by atoms with van der Waals surface area (Å²) >= 11 is 0. The van der Waals surface area contributed by atoms with Crippen molar-refractivity contribution in [1.29, 1.82) is 0 Å². The molecule has 1 aliphatic carbocycles. The van der Waals surface area contributed by atoms with Gasteiger partial charge in [0.15, 0.2) is 6.39 Å². The van der Waals surface area contributed by atoms with E-state index in [1.54, 1.807) is 6.92 Å². The van der Waals surface area contributed by atoms with Gasteiger partial charge in [-0.1, -0.05) is 6.07 Å². The normalized spacial score (nSPS) is 23.1. The van der Waals surface area contributed by atoms with Gasteiger partial charge in [-0.05, 0) is 48.9 Å². The van der Waals surface area contributed by atoms with Crippen LogP contribution in [0.25, 0.3) is 0 Å². The zero-order valence-electron chi connectivity index (χ0n) is 13.5. The lowest BCUT2D eigenvalue weighted by molar-refractivity contribution is 0.0232. The number of carbonyl (C=O) groups excluding carboxylic acids is 1. The first-order valence-electron chi connectivity index (χ1n) is 8.26. The third-order valence-corrected chi connectivity index (χ3v) is 4.93. The maximum absolute atomic E-state index is 12.5. The molecule has 0 unspecified atom stereocenters. The van der Waals surface area contributed by atoms with Crippen molar-refractivity contribution in [3.63, 3.8) is 0 Å². The molecule has 1 aliphatic heterocycles. The smallest absolute Gasteiger partial charge is 0.289 e. The second kappa shape index (κ2) is 5.94. The molecule has 1 aromatic heterocycles. The molecule has 0 spiro atoms. The van der Waals surface area contributed by atoms with Crippen LogP contribution in [-0.2, 0) is 6.42 Å². The molecule has 2 aliphatic rings. The van der Waals surface area contributed by atoms with E-state index in [1.807, 2.05) is 12.1 Å². The van der Waals surface area contributed by atoms with Gasteiger partial charge in [-0.2, -0.15) is 0 Å². The Hall–Kier alpha value is -2.34. The molecular formula is C18H20N2O4. The summed E-state index contributed by atoms with van der Waals surface area (Å²) in [5.41, 5.74) is 2.78. The van der Waals surface area contributed by atoms with E-state index in [2.05, 4.69) is 16.4 Å². The van der Waals surface area contributed by atoms with Crippen molar-refractivity contribution in [2.45, 2.75) is 38.3 Å². The molecule has 0 radical (unpaired) electrons. The minimum absolute atomic E-state index is 0.156. The fourth-order valence-electron chi connectivity index (χ4n) is 3.50. The zero-order chi connectivity index (χ0) is 16.7. The Bertz CT molecular complexity index is 764. The number of fused-ring (bicyclic) bond motifs is 1. The van der Waals surface area contributed by atoms with Crippen LogP contribution in [-0.4, -0.2) is 28.7 Å². The number of benzene rings is 1. The number of amides is 1. The Morgan fingerprint density at radius 1 is 1.42 bits per heavy atom. The molecule has 1 fully saturated rings. The van der Waals surface area contributed by atoms with Gasteiger partial charge in [0.2, 0.25) is 5.76 Å². The average molecular weight is 328 g/mol. The van der Waals surface area contributed by atoms with Crippen LogP contribution in [0, 0.1) is 12.8 Å². The number of ether oxygens (including phenoxy) is 1. The van der Waals surface area contributed by atoms with Crippen LogP contribution >= 0.6 is 0 Å². The summed E-state index contributed by atoms with van der Waals surface area (Å²) in [5.74, 6) is 1.11. The summed E-state index contributed by atoms with van der Waals surface area (Å²) in [4.78, 5) is 16.5. The van der Waals surface area contributed by atoms with Crippen molar-refractivity contribution in [1.82, 2.24) is 10.3 Å². The van der Waals surface area contributed by atoms with Gasteiger partial charge in [0.05, 0.1) is 24.4 Å². The van der Waals surface area contributed by atoms with Crippen LogP contribution < -0.4 is 10.1 Å². The number of aromatic nitrogens is 1. The molecule has 1 saturated carbocycles. The predicted octanol–water partition coefficient (Wildman–Crippen LogP) is 2.16. The van der Waals surface area contributed by atoms with Crippen molar-refractivity contribution in [2.75, 3.05) is 6.61 Å². The van der Waals surface area contributed by atoms with E-state index in [4.69, 9.17) is 9.15 Å². The van der Waals surface area contributed by atoms with Gasteiger partial charge in [0.25, 0.3) is 5.91 Å². The molecule has 2 N–H and O–H groups in total. The van der Waals surface area contributed by atoms with E-state index in [0.29, 0.717) is 25.1 Å². The fourth-order valence-corrected chi connectivity index (χ4v) is 3.50. The predicted molar refractivity (Wildman–Crippen MR) is 85.8 cm³/mol. The van der Waals surface area contributed by atoms with Gasteiger partial charge < -0.3 is 19.6 Å². The molecule has 24 heavy (non-hydrogen) atoms. The molecule has 2 aromatic rings. The van der Waals surface area contributed by atoms with E-state index < -0.39 is 0 Å². The second-order valence-electron chi connectivity index (χ2n) is 6.57. The third-order valence-electron chi connectivity index (χ3n) is 4.93. The first kappa shape index (κ1) is 15.2. The topological polar surface area (TPSA) is 84.6 Å². The monoisotopic (exact) mass is 328 g/mol. The van der Waals surface area contributed by atoms with Crippen LogP contribution in [0.5, 0.6) is 5.75 Å². The van der Waals surface area contributed by atoms with Gasteiger partial charge in [-0.25, -0.2) is 4.98 Å². The van der Waals surface area contributed by atoms with Gasteiger partial charge in [0, 0.05) is 6.42 Å². The highest BCUT2D eigenvalue weighted by atomic mass is 16.5. The number of oxazole rings is 1. The Morgan fingerprint density at radius 2 is 2.25 bits per heavy atom. The lowest BCUT2D eigenvalue weighted by atomic mass is 9.75. The van der Waals surface area contributed by atoms with Crippen LogP contribution in [0.3, 0.4) is 0 Å². The molecule has 1 aromatic carbocycles. The Morgan fingerprint density at radius 3 is 2.96 bits per heavy atom. The summed E-state index contributed by atoms with van der Waals surface area (Å²) in [6, 6.07) is 5.90. The Labute approximate surface area is 139 Å². The summed E-state index contributed by atoms with van der Waals surface area (Å²) in [7, 11) is 0. The number of aliphatic hydroxyl groups is 1. The summed E-state index contributed by atoms with van der Waals surface area (Å²) in [6.45, 7) is 2.45. The third kappa shape index (κ3) is 2.67. The first-order chi connectivity index (χ1) is 11.6. The SMILES string of the molecule is Cc1ncoc1C(=O)N[C@@H](c1ccc2c(c1)CCO2)C1CC(O)C1. The Balaban J connectivity index is 1.60. The molecule has 0 saturated heterocycles. The highest BCUT2D eigenvalue weighted by Crippen LogP contribution is 2.40. The molecule has 1 amide bonds. The largest absolute Gasteiger partial charge is 0.493 e. The van der Waals surface area contributed by atoms with Crippen LogP contribution in [0.15, 0.2) is 29.0 Å². The van der Waals surface area contributed by atoms with E-state index >= 15 is 0 Å². The second-order valence-corrected chi connectivity index (χ2v) is 6.57. The van der Waals surface area contributed by atoms with Gasteiger partial charge in [-0.3, -0.25) is 4.79 Å². The van der Waals surface area contributed by atoms with Crippen LogP contribution in [0.4, 0.5) is 0 Å². The maximum atomic E-state index is 12.5. The van der Waals surface area contributed by atoms with E-state index in [9.17, 15) is 9.90 Å². The minimum atomic E-state index is -0.279. The van der Waals surface area contributed by atoms with Crippen LogP contribution in [0.1, 0.15) is 46.3 Å². The van der Waals surface area contributed by atoms with Crippen molar-refractivity contribution in [3.05, 3.63) is 47.2 Å². The van der Waals surface area contributed by atoms with E-state index in [0.717, 1.165) is 17.7 Å². The van der Waals surface area contributed by atoms with Gasteiger partial charge >= 0.3 is 0 Å². The zero-order valence-corrected chi connectivity index (χ0v) is 13.5. The summed E-state index contributed by atoms with van der Waals surface area (Å²) < 4.78 is 10.8. The molecule has 4 rings (SSSR count). The standard InChI is InChI=1S/C18H20N2O4/c1-10-17(24-9-19-10)18(22)20-16(13-7-14(21)8-13)12-2-3-15-11(6-12)4-5-23-15/h2-3,6,9,13-14,16,21H,4-5,7-8H2,1H3,(H,20,22)/t13?,14?,16-/m0/s1. The highest BCUT2D eigenvalue weighted by Gasteiger charge is 2.36. The number of rotatable bonds is 4. The lowest BCUT2D eigenvalue weighted by Gasteiger charge is -2.38. The van der Waals surface area contributed by atoms with Crippen molar-refractivity contribution >= 4 is 5.91 Å². The number of nitrogens with one attached hydrogen (secondary N) is 1. The van der Waals surface area contributed by atoms with E-state index in [1.165, 1.54) is 12.0 Å². The molecule has 1 atom stereocenters. The number of hydrogen-bond donors (Lipinski definition) is 2. The lowest BCUT2D eigenvalue weighted by Crippen LogP contribution is -2.41. The first-order valence-corrected chi connectivity index (χ1v) is 8.26. The molecule has 0 bridgehead atoms. The Kier molecular flexibility index (Phi) is 3.76. The van der Waals surface area contributed by atoms with Crippen molar-refractivity contribution in [2.24, 2.45) is 5.92 Å². The van der Waals surface area contributed by atoms with Crippen LogP contribution in [0.2, 0.25) is 0 Å². The number of hydrogen-bond acceptors (Lipinski definition) is 5. The summed E-state index contributed by atoms with van der Waals surface area (Å²) in [6.07, 6.45) is 3.26. The molecular weight excluding hydrogens is 308 g/mol. The number of aliphatic hydroxyl groups excluding tert-OH is 1. The van der Waals surface area contributed by atoms with Crippen molar-refractivity contribution in [3.8, 4) is 5.75 Å². The highest BCUT2D eigenvalue weighted by molar-refractivity contribution is 5.92. The molecule has 6 heteroatoms. The fraction of sp³-hybridized carbons (Fsp3) is 0.444. The molecule has 126 valence electrons. The number of nitrogens with zero attached hydrogens (tertiary/aromatic N) is 1. The number of aryl methyl sites for hydroxylation is 1. The molecule has 6 nitrogen and oxygen atoms in total. The van der Waals surface area contributed by atoms with Crippen molar-refractivity contribution < 1.29 is 19.1 Å². The average Bonchev–Trinajstić information content (AvgIpc) is 3.17. The minimum Gasteiger partial charge on any atom is -0.493 e. The number of carbonyl (C=O) groups is 1. The van der Waals surface area contributed by atoms with Gasteiger partial charge in [0.1, 0.15) is 5.75 Å².